The van der Waals surface area contributed by atoms with E-state index in [9.17, 15) is 0 Å². The highest BCUT2D eigenvalue weighted by Crippen LogP contribution is 2.17. The van der Waals surface area contributed by atoms with Gasteiger partial charge in [0.25, 0.3) is 0 Å². The van der Waals surface area contributed by atoms with Crippen LogP contribution in [0.2, 0.25) is 0 Å². The summed E-state index contributed by atoms with van der Waals surface area (Å²) in [6.07, 6.45) is 4.04. The molecule has 2 rings (SSSR count). The number of nitrogens with zero attached hydrogens (tertiary/aromatic N) is 4. The minimum absolute atomic E-state index is 0.222. The number of aromatic nitrogens is 3. The fraction of sp³-hybridized carbons (Fsp3) is 0.867. The Balaban J connectivity index is 2.03. The maximum absolute atomic E-state index is 4.46. The van der Waals surface area contributed by atoms with E-state index in [1.165, 1.54) is 6.42 Å². The van der Waals surface area contributed by atoms with E-state index in [-0.39, 0.29) is 5.54 Å². The van der Waals surface area contributed by atoms with Gasteiger partial charge in [-0.1, -0.05) is 20.8 Å². The fourth-order valence-corrected chi connectivity index (χ4v) is 2.80. The Kier molecular flexibility index (Phi) is 5.16. The molecule has 0 bridgehead atoms. The summed E-state index contributed by atoms with van der Waals surface area (Å²) < 4.78 is 2.06. The van der Waals surface area contributed by atoms with E-state index >= 15 is 0 Å². The standard InChI is InChI=1S/C15H29N5/c1-5-15(4)11-19(8-6-7-17-15)10-14-16-12-18-20(14)9-13(2)3/h12-13,17H,5-11H2,1-4H3. The number of rotatable bonds is 5. The zero-order valence-corrected chi connectivity index (χ0v) is 13.4. The van der Waals surface area contributed by atoms with Gasteiger partial charge in [0.15, 0.2) is 0 Å². The topological polar surface area (TPSA) is 46.0 Å². The lowest BCUT2D eigenvalue weighted by Crippen LogP contribution is -2.48. The second-order valence-corrected chi connectivity index (χ2v) is 6.66. The normalized spacial score (nSPS) is 25.1. The molecule has 5 heteroatoms. The van der Waals surface area contributed by atoms with Crippen LogP contribution < -0.4 is 5.32 Å². The summed E-state index contributed by atoms with van der Waals surface area (Å²) in [5.41, 5.74) is 0.222. The van der Waals surface area contributed by atoms with Crippen molar-refractivity contribution in [2.75, 3.05) is 19.6 Å². The lowest BCUT2D eigenvalue weighted by molar-refractivity contribution is 0.200. The first kappa shape index (κ1) is 15.4. The largest absolute Gasteiger partial charge is 0.310 e. The minimum Gasteiger partial charge on any atom is -0.310 e. The van der Waals surface area contributed by atoms with E-state index in [0.29, 0.717) is 5.92 Å². The maximum Gasteiger partial charge on any atom is 0.141 e. The van der Waals surface area contributed by atoms with Crippen LogP contribution in [0.5, 0.6) is 0 Å². The van der Waals surface area contributed by atoms with Crippen molar-refractivity contribution < 1.29 is 0 Å². The van der Waals surface area contributed by atoms with Gasteiger partial charge in [-0.05, 0) is 38.8 Å². The second-order valence-electron chi connectivity index (χ2n) is 6.66. The Hall–Kier alpha value is -0.940. The molecule has 1 saturated heterocycles. The van der Waals surface area contributed by atoms with Crippen LogP contribution in [0.15, 0.2) is 6.33 Å². The molecule has 1 aliphatic rings. The van der Waals surface area contributed by atoms with E-state index in [2.05, 4.69) is 52.7 Å². The molecule has 1 unspecified atom stereocenters. The predicted octanol–water partition coefficient (Wildman–Crippen LogP) is 1.90. The summed E-state index contributed by atoms with van der Waals surface area (Å²) in [5, 5.41) is 8.04. The van der Waals surface area contributed by atoms with Gasteiger partial charge in [-0.2, -0.15) is 5.10 Å². The molecule has 1 aromatic rings. The molecule has 0 radical (unpaired) electrons. The summed E-state index contributed by atoms with van der Waals surface area (Å²) >= 11 is 0. The van der Waals surface area contributed by atoms with Gasteiger partial charge < -0.3 is 5.32 Å². The average molecular weight is 279 g/mol. The summed E-state index contributed by atoms with van der Waals surface area (Å²) in [5.74, 6) is 1.70. The molecule has 1 aliphatic heterocycles. The van der Waals surface area contributed by atoms with Crippen LogP contribution in [0.1, 0.15) is 46.4 Å². The van der Waals surface area contributed by atoms with Crippen molar-refractivity contribution >= 4 is 0 Å². The van der Waals surface area contributed by atoms with Gasteiger partial charge in [0.2, 0.25) is 0 Å². The lowest BCUT2D eigenvalue weighted by Gasteiger charge is -2.32. The van der Waals surface area contributed by atoms with E-state index < -0.39 is 0 Å². The van der Waals surface area contributed by atoms with Crippen LogP contribution in [-0.2, 0) is 13.1 Å². The molecular weight excluding hydrogens is 250 g/mol. The Morgan fingerprint density at radius 3 is 2.95 bits per heavy atom. The van der Waals surface area contributed by atoms with Crippen molar-refractivity contribution in [2.45, 2.75) is 59.2 Å². The Morgan fingerprint density at radius 1 is 1.45 bits per heavy atom. The molecular formula is C15H29N5. The lowest BCUT2D eigenvalue weighted by atomic mass is 9.98. The van der Waals surface area contributed by atoms with Crippen LogP contribution >= 0.6 is 0 Å². The van der Waals surface area contributed by atoms with Gasteiger partial charge >= 0.3 is 0 Å². The van der Waals surface area contributed by atoms with Crippen LogP contribution in [0.25, 0.3) is 0 Å². The Morgan fingerprint density at radius 2 is 2.25 bits per heavy atom. The van der Waals surface area contributed by atoms with Crippen molar-refractivity contribution in [3.05, 3.63) is 12.2 Å². The summed E-state index contributed by atoms with van der Waals surface area (Å²) in [7, 11) is 0. The molecule has 1 atom stereocenters. The van der Waals surface area contributed by atoms with Gasteiger partial charge in [-0.15, -0.1) is 0 Å². The van der Waals surface area contributed by atoms with E-state index in [0.717, 1.165) is 45.0 Å². The van der Waals surface area contributed by atoms with E-state index in [4.69, 9.17) is 0 Å². The fourth-order valence-electron chi connectivity index (χ4n) is 2.80. The van der Waals surface area contributed by atoms with Crippen LogP contribution in [0.4, 0.5) is 0 Å². The van der Waals surface area contributed by atoms with Crippen molar-refractivity contribution in [2.24, 2.45) is 5.92 Å². The molecule has 0 aliphatic carbocycles. The first-order chi connectivity index (χ1) is 9.52. The van der Waals surface area contributed by atoms with Crippen LogP contribution in [-0.4, -0.2) is 44.8 Å². The molecule has 114 valence electrons. The van der Waals surface area contributed by atoms with Crippen LogP contribution in [0, 0.1) is 5.92 Å². The molecule has 5 nitrogen and oxygen atoms in total. The summed E-state index contributed by atoms with van der Waals surface area (Å²) in [6.45, 7) is 14.2. The SMILES string of the molecule is CCC1(C)CN(Cc2ncnn2CC(C)C)CCCN1. The van der Waals surface area contributed by atoms with E-state index in [1.54, 1.807) is 6.33 Å². The Labute approximate surface area is 122 Å². The zero-order chi connectivity index (χ0) is 14.6. The van der Waals surface area contributed by atoms with E-state index in [1.807, 2.05) is 0 Å². The third kappa shape index (κ3) is 4.03. The smallest absolute Gasteiger partial charge is 0.141 e. The average Bonchev–Trinajstić information content (AvgIpc) is 2.71. The molecule has 0 amide bonds. The van der Waals surface area contributed by atoms with Crippen molar-refractivity contribution in [3.8, 4) is 0 Å². The van der Waals surface area contributed by atoms with Gasteiger partial charge in [-0.25, -0.2) is 9.67 Å². The van der Waals surface area contributed by atoms with Crippen molar-refractivity contribution in [1.29, 1.82) is 0 Å². The molecule has 20 heavy (non-hydrogen) atoms. The molecule has 1 N–H and O–H groups in total. The van der Waals surface area contributed by atoms with Gasteiger partial charge in [0, 0.05) is 18.6 Å². The summed E-state index contributed by atoms with van der Waals surface area (Å²) in [6, 6.07) is 0. The Bertz CT molecular complexity index is 414. The predicted molar refractivity (Wildman–Crippen MR) is 81.5 cm³/mol. The highest BCUT2D eigenvalue weighted by atomic mass is 15.4. The highest BCUT2D eigenvalue weighted by Gasteiger charge is 2.27. The number of nitrogens with one attached hydrogen (secondary N) is 1. The third-order valence-electron chi connectivity index (χ3n) is 4.15. The molecule has 1 aromatic heterocycles. The van der Waals surface area contributed by atoms with Gasteiger partial charge in [0.1, 0.15) is 12.2 Å². The van der Waals surface area contributed by atoms with Crippen molar-refractivity contribution in [1.82, 2.24) is 25.0 Å². The molecule has 0 aromatic carbocycles. The number of hydrogen-bond acceptors (Lipinski definition) is 4. The van der Waals surface area contributed by atoms with Crippen LogP contribution in [0.3, 0.4) is 0 Å². The van der Waals surface area contributed by atoms with Gasteiger partial charge in [0.05, 0.1) is 6.54 Å². The monoisotopic (exact) mass is 279 g/mol. The number of hydrogen-bond donors (Lipinski definition) is 1. The first-order valence-electron chi connectivity index (χ1n) is 7.86. The van der Waals surface area contributed by atoms with Crippen molar-refractivity contribution in [3.63, 3.8) is 0 Å². The molecule has 0 saturated carbocycles. The first-order valence-corrected chi connectivity index (χ1v) is 7.86. The highest BCUT2D eigenvalue weighted by molar-refractivity contribution is 4.92. The third-order valence-corrected chi connectivity index (χ3v) is 4.15. The molecule has 2 heterocycles. The second kappa shape index (κ2) is 6.68. The summed E-state index contributed by atoms with van der Waals surface area (Å²) in [4.78, 5) is 6.98. The molecule has 1 fully saturated rings. The maximum atomic E-state index is 4.46. The quantitative estimate of drug-likeness (QED) is 0.894. The minimum atomic E-state index is 0.222. The molecule has 0 spiro atoms. The zero-order valence-electron chi connectivity index (χ0n) is 13.4. The van der Waals surface area contributed by atoms with Gasteiger partial charge in [-0.3, -0.25) is 4.90 Å².